The van der Waals surface area contributed by atoms with Crippen LogP contribution in [0.5, 0.6) is 0 Å². The summed E-state index contributed by atoms with van der Waals surface area (Å²) in [7, 11) is 0. The molecule has 2 aromatic heterocycles. The minimum Gasteiger partial charge on any atom is -0.388 e. The third-order valence-corrected chi connectivity index (χ3v) is 4.61. The van der Waals surface area contributed by atoms with Gasteiger partial charge in [-0.25, -0.2) is 4.39 Å². The van der Waals surface area contributed by atoms with Gasteiger partial charge in [-0.1, -0.05) is 16.9 Å². The Bertz CT molecular complexity index is 844. The van der Waals surface area contributed by atoms with Crippen molar-refractivity contribution in [1.82, 2.24) is 24.9 Å². The molecule has 1 saturated carbocycles. The van der Waals surface area contributed by atoms with E-state index < -0.39 is 0 Å². The van der Waals surface area contributed by atoms with Crippen LogP contribution in [-0.2, 0) is 12.4 Å². The number of aliphatic hydroxyl groups is 1. The number of benzene rings is 1. The van der Waals surface area contributed by atoms with Crippen molar-refractivity contribution >= 4 is 11.8 Å². The van der Waals surface area contributed by atoms with E-state index in [1.807, 2.05) is 4.57 Å². The molecule has 0 unspecified atom stereocenters. The highest BCUT2D eigenvalue weighted by Gasteiger charge is 2.29. The van der Waals surface area contributed by atoms with Gasteiger partial charge in [0.05, 0.1) is 5.75 Å². The van der Waals surface area contributed by atoms with Gasteiger partial charge in [0.1, 0.15) is 12.4 Å². The number of aromatic nitrogens is 5. The van der Waals surface area contributed by atoms with Crippen LogP contribution in [0.2, 0.25) is 0 Å². The Balaban J connectivity index is 1.47. The molecule has 1 aliphatic rings. The van der Waals surface area contributed by atoms with Gasteiger partial charge in [0.2, 0.25) is 11.7 Å². The van der Waals surface area contributed by atoms with Crippen LogP contribution < -0.4 is 0 Å². The molecule has 124 valence electrons. The molecule has 1 aliphatic carbocycles. The van der Waals surface area contributed by atoms with Gasteiger partial charge in [0, 0.05) is 11.6 Å². The van der Waals surface area contributed by atoms with Gasteiger partial charge < -0.3 is 14.2 Å². The third-order valence-electron chi connectivity index (χ3n) is 3.68. The van der Waals surface area contributed by atoms with E-state index in [0.717, 1.165) is 18.0 Å². The largest absolute Gasteiger partial charge is 0.388 e. The zero-order valence-corrected chi connectivity index (χ0v) is 13.4. The highest BCUT2D eigenvalue weighted by molar-refractivity contribution is 7.98. The Kier molecular flexibility index (Phi) is 4.03. The van der Waals surface area contributed by atoms with Crippen molar-refractivity contribution in [3.63, 3.8) is 0 Å². The Morgan fingerprint density at radius 2 is 2.04 bits per heavy atom. The standard InChI is InChI=1S/C15H14FN5O2S/c16-10-3-1-9(2-4-10)14-17-13(23-20-14)8-24-15-19-18-12(7-22)21(15)11-5-6-11/h1-4,11,22H,5-8H2. The van der Waals surface area contributed by atoms with Crippen molar-refractivity contribution in [3.8, 4) is 11.4 Å². The second kappa shape index (κ2) is 6.33. The lowest BCUT2D eigenvalue weighted by Crippen LogP contribution is -2.02. The molecule has 0 bridgehead atoms. The van der Waals surface area contributed by atoms with Crippen LogP contribution in [0.15, 0.2) is 33.9 Å². The van der Waals surface area contributed by atoms with Crippen molar-refractivity contribution in [1.29, 1.82) is 0 Å². The fourth-order valence-electron chi connectivity index (χ4n) is 2.37. The van der Waals surface area contributed by atoms with E-state index in [9.17, 15) is 9.50 Å². The average Bonchev–Trinajstić information content (AvgIpc) is 3.18. The molecular formula is C15H14FN5O2S. The average molecular weight is 347 g/mol. The number of nitrogens with zero attached hydrogens (tertiary/aromatic N) is 5. The zero-order chi connectivity index (χ0) is 16.5. The first-order chi connectivity index (χ1) is 11.7. The summed E-state index contributed by atoms with van der Waals surface area (Å²) in [5, 5.41) is 22.1. The summed E-state index contributed by atoms with van der Waals surface area (Å²) >= 11 is 1.44. The summed E-state index contributed by atoms with van der Waals surface area (Å²) in [5.74, 6) is 1.60. The van der Waals surface area contributed by atoms with E-state index >= 15 is 0 Å². The SMILES string of the molecule is OCc1nnc(SCc2nc(-c3ccc(F)cc3)no2)n1C1CC1. The number of halogens is 1. The van der Waals surface area contributed by atoms with Gasteiger partial charge >= 0.3 is 0 Å². The molecule has 24 heavy (non-hydrogen) atoms. The van der Waals surface area contributed by atoms with E-state index in [-0.39, 0.29) is 12.4 Å². The predicted octanol–water partition coefficient (Wildman–Crippen LogP) is 2.59. The zero-order valence-electron chi connectivity index (χ0n) is 12.6. The first-order valence-corrected chi connectivity index (χ1v) is 8.49. The quantitative estimate of drug-likeness (QED) is 0.685. The summed E-state index contributed by atoms with van der Waals surface area (Å²) in [6, 6.07) is 6.30. The highest BCUT2D eigenvalue weighted by atomic mass is 32.2. The Labute approximate surface area is 140 Å². The van der Waals surface area contributed by atoms with Gasteiger partial charge in [0.25, 0.3) is 0 Å². The van der Waals surface area contributed by atoms with Crippen LogP contribution in [-0.4, -0.2) is 30.0 Å². The number of hydrogen-bond acceptors (Lipinski definition) is 7. The maximum absolute atomic E-state index is 13.0. The number of aliphatic hydroxyl groups excluding tert-OH is 1. The lowest BCUT2D eigenvalue weighted by Gasteiger charge is -2.05. The molecule has 0 atom stereocenters. The molecule has 9 heteroatoms. The molecule has 4 rings (SSSR count). The van der Waals surface area contributed by atoms with Gasteiger partial charge in [0.15, 0.2) is 11.0 Å². The molecule has 7 nitrogen and oxygen atoms in total. The molecule has 0 amide bonds. The van der Waals surface area contributed by atoms with E-state index in [2.05, 4.69) is 20.3 Å². The molecule has 2 heterocycles. The van der Waals surface area contributed by atoms with Crippen molar-refractivity contribution in [3.05, 3.63) is 41.8 Å². The second-order valence-corrected chi connectivity index (χ2v) is 6.41. The van der Waals surface area contributed by atoms with E-state index in [4.69, 9.17) is 4.52 Å². The molecule has 0 saturated heterocycles. The highest BCUT2D eigenvalue weighted by Crippen LogP contribution is 2.39. The van der Waals surface area contributed by atoms with Crippen LogP contribution in [0.3, 0.4) is 0 Å². The van der Waals surface area contributed by atoms with Gasteiger partial charge in [-0.15, -0.1) is 10.2 Å². The minimum atomic E-state index is -0.308. The fourth-order valence-corrected chi connectivity index (χ4v) is 3.23. The fraction of sp³-hybridized carbons (Fsp3) is 0.333. The van der Waals surface area contributed by atoms with E-state index in [0.29, 0.717) is 34.9 Å². The van der Waals surface area contributed by atoms with Crippen molar-refractivity contribution in [2.75, 3.05) is 0 Å². The van der Waals surface area contributed by atoms with E-state index in [1.54, 1.807) is 12.1 Å². The molecule has 1 aromatic carbocycles. The molecule has 0 radical (unpaired) electrons. The minimum absolute atomic E-state index is 0.126. The summed E-state index contributed by atoms with van der Waals surface area (Å²) in [4.78, 5) is 4.31. The normalized spacial score (nSPS) is 14.2. The van der Waals surface area contributed by atoms with Crippen LogP contribution >= 0.6 is 11.8 Å². The van der Waals surface area contributed by atoms with Crippen LogP contribution in [0.4, 0.5) is 4.39 Å². The first-order valence-electron chi connectivity index (χ1n) is 7.50. The summed E-state index contributed by atoms with van der Waals surface area (Å²) in [6.45, 7) is -0.126. The lowest BCUT2D eigenvalue weighted by atomic mass is 10.2. The maximum Gasteiger partial charge on any atom is 0.237 e. The lowest BCUT2D eigenvalue weighted by molar-refractivity contribution is 0.263. The molecule has 1 N–H and O–H groups in total. The van der Waals surface area contributed by atoms with Crippen molar-refractivity contribution in [2.24, 2.45) is 0 Å². The van der Waals surface area contributed by atoms with Crippen LogP contribution in [0, 0.1) is 5.82 Å². The summed E-state index contributed by atoms with van der Waals surface area (Å²) in [5.41, 5.74) is 0.695. The summed E-state index contributed by atoms with van der Waals surface area (Å²) < 4.78 is 20.2. The Morgan fingerprint density at radius 1 is 1.25 bits per heavy atom. The second-order valence-electron chi connectivity index (χ2n) is 5.47. The van der Waals surface area contributed by atoms with E-state index in [1.165, 1.54) is 23.9 Å². The number of rotatable bonds is 6. The maximum atomic E-state index is 13.0. The first kappa shape index (κ1) is 15.3. The van der Waals surface area contributed by atoms with Crippen molar-refractivity contribution < 1.29 is 14.0 Å². The van der Waals surface area contributed by atoms with Gasteiger partial charge in [-0.05, 0) is 37.1 Å². The summed E-state index contributed by atoms with van der Waals surface area (Å²) in [6.07, 6.45) is 2.15. The molecule has 0 spiro atoms. The van der Waals surface area contributed by atoms with Crippen molar-refractivity contribution in [2.45, 2.75) is 36.4 Å². The third kappa shape index (κ3) is 3.04. The molecule has 1 fully saturated rings. The molecule has 3 aromatic rings. The smallest absolute Gasteiger partial charge is 0.237 e. The number of thioether (sulfide) groups is 1. The topological polar surface area (TPSA) is 89.9 Å². The van der Waals surface area contributed by atoms with Gasteiger partial charge in [-0.3, -0.25) is 0 Å². The number of hydrogen-bond donors (Lipinski definition) is 1. The molecule has 0 aliphatic heterocycles. The monoisotopic (exact) mass is 347 g/mol. The Morgan fingerprint density at radius 3 is 2.75 bits per heavy atom. The van der Waals surface area contributed by atoms with Gasteiger partial charge in [-0.2, -0.15) is 4.98 Å². The predicted molar refractivity (Wildman–Crippen MR) is 83.5 cm³/mol. The van der Waals surface area contributed by atoms with Crippen LogP contribution in [0.25, 0.3) is 11.4 Å². The van der Waals surface area contributed by atoms with Crippen LogP contribution in [0.1, 0.15) is 30.6 Å². The Hall–Kier alpha value is -2.26. The molecular weight excluding hydrogens is 333 g/mol.